The molecule has 0 bridgehead atoms. The number of anilines is 1. The van der Waals surface area contributed by atoms with Crippen molar-refractivity contribution in [2.24, 2.45) is 10.7 Å². The van der Waals surface area contributed by atoms with Gasteiger partial charge in [0.15, 0.2) is 5.96 Å². The number of aliphatic imine (C=N–C) groups is 1. The molecule has 0 aliphatic rings. The van der Waals surface area contributed by atoms with Crippen LogP contribution in [-0.4, -0.2) is 39.8 Å². The van der Waals surface area contributed by atoms with Crippen molar-refractivity contribution in [3.63, 3.8) is 0 Å². The molecular weight excluding hydrogens is 379 g/mol. The lowest BCUT2D eigenvalue weighted by molar-refractivity contribution is 0.145. The first-order chi connectivity index (χ1) is 9.63. The van der Waals surface area contributed by atoms with E-state index in [1.165, 1.54) is 5.69 Å². The summed E-state index contributed by atoms with van der Waals surface area (Å²) in [6.07, 6.45) is 0.931. The van der Waals surface area contributed by atoms with Gasteiger partial charge in [0, 0.05) is 39.5 Å². The van der Waals surface area contributed by atoms with Gasteiger partial charge in [-0.15, -0.1) is 24.0 Å². The Morgan fingerprint density at radius 1 is 1.38 bits per heavy atom. The second kappa shape index (κ2) is 11.6. The van der Waals surface area contributed by atoms with Gasteiger partial charge in [0.05, 0.1) is 6.54 Å². The number of guanidine groups is 1. The first kappa shape index (κ1) is 20.0. The fourth-order valence-electron chi connectivity index (χ4n) is 1.70. The van der Waals surface area contributed by atoms with E-state index in [2.05, 4.69) is 33.4 Å². The fraction of sp³-hybridized carbons (Fsp3) is 0.533. The zero-order valence-corrected chi connectivity index (χ0v) is 15.5. The van der Waals surface area contributed by atoms with Crippen LogP contribution in [-0.2, 0) is 11.3 Å². The Morgan fingerprint density at radius 2 is 2.14 bits per heavy atom. The van der Waals surface area contributed by atoms with Crippen molar-refractivity contribution >= 4 is 35.6 Å². The molecule has 0 saturated heterocycles. The quantitative estimate of drug-likeness (QED) is 0.301. The van der Waals surface area contributed by atoms with Gasteiger partial charge in [-0.2, -0.15) is 0 Å². The molecule has 0 amide bonds. The van der Waals surface area contributed by atoms with Gasteiger partial charge >= 0.3 is 0 Å². The third-order valence-corrected chi connectivity index (χ3v) is 2.83. The Balaban J connectivity index is 0.00000400. The Labute approximate surface area is 145 Å². The topological polar surface area (TPSA) is 62.9 Å². The SMILES string of the molecule is CCOCCCNC(N)=NCc1cccc(N(C)C)c1.I. The van der Waals surface area contributed by atoms with E-state index in [0.717, 1.165) is 31.7 Å². The molecule has 120 valence electrons. The van der Waals surface area contributed by atoms with Crippen LogP contribution in [0.3, 0.4) is 0 Å². The highest BCUT2D eigenvalue weighted by molar-refractivity contribution is 14.0. The van der Waals surface area contributed by atoms with Gasteiger partial charge in [0.2, 0.25) is 0 Å². The smallest absolute Gasteiger partial charge is 0.188 e. The van der Waals surface area contributed by atoms with Crippen molar-refractivity contribution in [2.75, 3.05) is 38.8 Å². The summed E-state index contributed by atoms with van der Waals surface area (Å²) in [5.41, 5.74) is 8.14. The molecule has 1 aromatic rings. The van der Waals surface area contributed by atoms with Crippen molar-refractivity contribution in [3.8, 4) is 0 Å². The highest BCUT2D eigenvalue weighted by Crippen LogP contribution is 2.13. The van der Waals surface area contributed by atoms with E-state index in [1.54, 1.807) is 0 Å². The fourth-order valence-corrected chi connectivity index (χ4v) is 1.70. The molecule has 0 fully saturated rings. The number of benzene rings is 1. The van der Waals surface area contributed by atoms with Crippen LogP contribution in [0.25, 0.3) is 0 Å². The predicted molar refractivity (Wildman–Crippen MR) is 101 cm³/mol. The summed E-state index contributed by atoms with van der Waals surface area (Å²) in [7, 11) is 4.05. The number of ether oxygens (including phenoxy) is 1. The molecular formula is C15H27IN4O. The van der Waals surface area contributed by atoms with Crippen LogP contribution in [0, 0.1) is 0 Å². The maximum Gasteiger partial charge on any atom is 0.188 e. The molecule has 0 heterocycles. The highest BCUT2D eigenvalue weighted by atomic mass is 127. The van der Waals surface area contributed by atoms with Gasteiger partial charge in [0.1, 0.15) is 0 Å². The summed E-state index contributed by atoms with van der Waals surface area (Å²) in [5, 5.41) is 3.09. The second-order valence-electron chi connectivity index (χ2n) is 4.74. The largest absolute Gasteiger partial charge is 0.382 e. The summed E-state index contributed by atoms with van der Waals surface area (Å²) in [4.78, 5) is 6.41. The van der Waals surface area contributed by atoms with E-state index in [-0.39, 0.29) is 24.0 Å². The number of nitrogens with zero attached hydrogens (tertiary/aromatic N) is 2. The third kappa shape index (κ3) is 8.77. The van der Waals surface area contributed by atoms with Crippen LogP contribution >= 0.6 is 24.0 Å². The molecule has 1 rings (SSSR count). The summed E-state index contributed by atoms with van der Waals surface area (Å²) in [5.74, 6) is 0.483. The molecule has 0 atom stereocenters. The molecule has 0 saturated carbocycles. The zero-order chi connectivity index (χ0) is 14.8. The highest BCUT2D eigenvalue weighted by Gasteiger charge is 1.98. The molecule has 0 aliphatic carbocycles. The van der Waals surface area contributed by atoms with Crippen molar-refractivity contribution in [1.82, 2.24) is 5.32 Å². The van der Waals surface area contributed by atoms with Crippen molar-refractivity contribution < 1.29 is 4.74 Å². The van der Waals surface area contributed by atoms with Gasteiger partial charge in [-0.25, -0.2) is 4.99 Å². The molecule has 1 aromatic carbocycles. The summed E-state index contributed by atoms with van der Waals surface area (Å²) >= 11 is 0. The third-order valence-electron chi connectivity index (χ3n) is 2.83. The number of nitrogens with two attached hydrogens (primary N) is 1. The van der Waals surface area contributed by atoms with E-state index >= 15 is 0 Å². The average Bonchev–Trinajstić information content (AvgIpc) is 2.45. The van der Waals surface area contributed by atoms with Crippen LogP contribution < -0.4 is 16.0 Å². The molecule has 0 spiro atoms. The summed E-state index contributed by atoms with van der Waals surface area (Å²) < 4.78 is 5.25. The molecule has 0 aliphatic heterocycles. The van der Waals surface area contributed by atoms with Gasteiger partial charge in [-0.05, 0) is 31.0 Å². The lowest BCUT2D eigenvalue weighted by Crippen LogP contribution is -2.32. The van der Waals surface area contributed by atoms with E-state index in [4.69, 9.17) is 10.5 Å². The van der Waals surface area contributed by atoms with Gasteiger partial charge < -0.3 is 20.7 Å². The Bertz CT molecular complexity index is 424. The summed E-state index contributed by atoms with van der Waals surface area (Å²) in [6.45, 7) is 4.87. The first-order valence-electron chi connectivity index (χ1n) is 7.01. The Kier molecular flexibility index (Phi) is 11.1. The van der Waals surface area contributed by atoms with Crippen LogP contribution in [0.4, 0.5) is 5.69 Å². The number of hydrogen-bond acceptors (Lipinski definition) is 3. The van der Waals surface area contributed by atoms with Crippen molar-refractivity contribution in [1.29, 1.82) is 0 Å². The molecule has 0 unspecified atom stereocenters. The van der Waals surface area contributed by atoms with E-state index in [1.807, 2.05) is 27.1 Å². The Hall–Kier alpha value is -1.02. The summed E-state index contributed by atoms with van der Waals surface area (Å²) in [6, 6.07) is 8.28. The number of halogens is 1. The average molecular weight is 406 g/mol. The van der Waals surface area contributed by atoms with E-state index in [9.17, 15) is 0 Å². The molecule has 3 N–H and O–H groups in total. The monoisotopic (exact) mass is 406 g/mol. The van der Waals surface area contributed by atoms with Crippen LogP contribution in [0.15, 0.2) is 29.3 Å². The maximum absolute atomic E-state index is 5.82. The van der Waals surface area contributed by atoms with Gasteiger partial charge in [0.25, 0.3) is 0 Å². The van der Waals surface area contributed by atoms with Crippen molar-refractivity contribution in [3.05, 3.63) is 29.8 Å². The van der Waals surface area contributed by atoms with Gasteiger partial charge in [-0.1, -0.05) is 12.1 Å². The lowest BCUT2D eigenvalue weighted by Gasteiger charge is -2.13. The molecule has 5 nitrogen and oxygen atoms in total. The Morgan fingerprint density at radius 3 is 2.81 bits per heavy atom. The number of rotatable bonds is 8. The first-order valence-corrected chi connectivity index (χ1v) is 7.01. The minimum Gasteiger partial charge on any atom is -0.382 e. The van der Waals surface area contributed by atoms with Crippen LogP contribution in [0.2, 0.25) is 0 Å². The lowest BCUT2D eigenvalue weighted by atomic mass is 10.2. The minimum absolute atomic E-state index is 0. The molecule has 6 heteroatoms. The van der Waals surface area contributed by atoms with E-state index < -0.39 is 0 Å². The molecule has 21 heavy (non-hydrogen) atoms. The number of nitrogens with one attached hydrogen (secondary N) is 1. The molecule has 0 aromatic heterocycles. The standard InChI is InChI=1S/C15H26N4O.HI/c1-4-20-10-6-9-17-15(16)18-12-13-7-5-8-14(11-13)19(2)3;/h5,7-8,11H,4,6,9-10,12H2,1-3H3,(H3,16,17,18);1H. The zero-order valence-electron chi connectivity index (χ0n) is 13.1. The normalized spacial score (nSPS) is 10.9. The maximum atomic E-state index is 5.82. The number of hydrogen-bond donors (Lipinski definition) is 2. The molecule has 0 radical (unpaired) electrons. The van der Waals surface area contributed by atoms with E-state index in [0.29, 0.717) is 12.5 Å². The van der Waals surface area contributed by atoms with Crippen LogP contribution in [0.5, 0.6) is 0 Å². The second-order valence-corrected chi connectivity index (χ2v) is 4.74. The van der Waals surface area contributed by atoms with Crippen LogP contribution in [0.1, 0.15) is 18.9 Å². The van der Waals surface area contributed by atoms with Crippen molar-refractivity contribution in [2.45, 2.75) is 19.9 Å². The van der Waals surface area contributed by atoms with Gasteiger partial charge in [-0.3, -0.25) is 0 Å². The predicted octanol–water partition coefficient (Wildman–Crippen LogP) is 2.20. The minimum atomic E-state index is 0.